The van der Waals surface area contributed by atoms with Gasteiger partial charge in [-0.3, -0.25) is 4.79 Å². The lowest BCUT2D eigenvalue weighted by atomic mass is 9.48. The smallest absolute Gasteiger partial charge is 0.276 e. The first-order valence-electron chi connectivity index (χ1n) is 12.3. The molecule has 1 aromatic carbocycles. The minimum absolute atomic E-state index is 0.0791. The first kappa shape index (κ1) is 20.3. The molecule has 3 fully saturated rings. The van der Waals surface area contributed by atoms with Crippen LogP contribution in [0, 0.1) is 28.6 Å². The number of fused-ring (bicyclic) bond motifs is 6. The van der Waals surface area contributed by atoms with Crippen LogP contribution in [0.2, 0.25) is 0 Å². The lowest BCUT2D eigenvalue weighted by Gasteiger charge is -2.57. The number of nitrogens with zero attached hydrogens (tertiary/aromatic N) is 2. The largest absolute Gasteiger partial charge is 0.393 e. The van der Waals surface area contributed by atoms with Crippen LogP contribution >= 0.6 is 0 Å². The summed E-state index contributed by atoms with van der Waals surface area (Å²) in [5.41, 5.74) is 5.15. The standard InChI is InChI=1S/C27H33N3O2/c1-26-13-11-17(31)15-16(26)7-8-18-20-9-10-23(27(20,2)14-12-21(18)26)29-30-24-19-5-3-4-6-22(19)28-25(24)32/h3-7,17-18,20-21,31H,8-15H2,1-2H3,(H,28,30,32)/b29-23+/t17-,18-,20-,21-,26-,27-/m0/s1. The van der Waals surface area contributed by atoms with Crippen LogP contribution in [-0.4, -0.2) is 28.5 Å². The van der Waals surface area contributed by atoms with Crippen molar-refractivity contribution in [1.82, 2.24) is 0 Å². The number of aliphatic hydroxyl groups excluding tert-OH is 1. The predicted molar refractivity (Wildman–Crippen MR) is 127 cm³/mol. The molecule has 0 unspecified atom stereocenters. The highest BCUT2D eigenvalue weighted by Crippen LogP contribution is 2.64. The topological polar surface area (TPSA) is 74.0 Å². The van der Waals surface area contributed by atoms with E-state index in [1.807, 2.05) is 24.3 Å². The van der Waals surface area contributed by atoms with Crippen molar-refractivity contribution in [1.29, 1.82) is 0 Å². The van der Waals surface area contributed by atoms with Crippen LogP contribution in [0.4, 0.5) is 5.69 Å². The Labute approximate surface area is 190 Å². The molecule has 1 heterocycles. The number of carbonyl (C=O) groups excluding carboxylic acids is 1. The number of allylic oxidation sites excluding steroid dienone is 1. The second-order valence-corrected chi connectivity index (χ2v) is 11.1. The lowest BCUT2D eigenvalue weighted by Crippen LogP contribution is -2.50. The number of anilines is 1. The normalized spacial score (nSPS) is 42.7. The Balaban J connectivity index is 1.30. The summed E-state index contributed by atoms with van der Waals surface area (Å²) >= 11 is 0. The average molecular weight is 432 g/mol. The summed E-state index contributed by atoms with van der Waals surface area (Å²) in [6.45, 7) is 4.87. The maximum absolute atomic E-state index is 12.4. The SMILES string of the molecule is C[C@]12CC[C@H](O)CC1=CC[C@@H]1[C@@H]2CC[C@]2(C)/C(=N/N=C3\C(=O)Nc4ccccc43)CC[C@@H]12. The minimum Gasteiger partial charge on any atom is -0.393 e. The van der Waals surface area contributed by atoms with Gasteiger partial charge in [0.1, 0.15) is 0 Å². The first-order valence-corrected chi connectivity index (χ1v) is 12.3. The van der Waals surface area contributed by atoms with Crippen LogP contribution in [0.5, 0.6) is 0 Å². The fraction of sp³-hybridized carbons (Fsp3) is 0.593. The van der Waals surface area contributed by atoms with Crippen LogP contribution in [0.15, 0.2) is 46.1 Å². The van der Waals surface area contributed by atoms with E-state index < -0.39 is 0 Å². The number of amides is 1. The van der Waals surface area contributed by atoms with Gasteiger partial charge in [-0.25, -0.2) is 0 Å². The lowest BCUT2D eigenvalue weighted by molar-refractivity contribution is -0.110. The third kappa shape index (κ3) is 2.83. The van der Waals surface area contributed by atoms with Crippen molar-refractivity contribution >= 4 is 23.0 Å². The maximum atomic E-state index is 12.4. The molecule has 32 heavy (non-hydrogen) atoms. The molecule has 168 valence electrons. The summed E-state index contributed by atoms with van der Waals surface area (Å²) in [6, 6.07) is 7.70. The Morgan fingerprint density at radius 2 is 1.81 bits per heavy atom. The Morgan fingerprint density at radius 3 is 2.69 bits per heavy atom. The quantitative estimate of drug-likeness (QED) is 0.479. The number of benzene rings is 1. The van der Waals surface area contributed by atoms with Crippen LogP contribution in [0.3, 0.4) is 0 Å². The molecule has 0 spiro atoms. The van der Waals surface area contributed by atoms with Crippen LogP contribution in [-0.2, 0) is 4.79 Å². The molecule has 0 aromatic heterocycles. The highest BCUT2D eigenvalue weighted by molar-refractivity contribution is 6.53. The van der Waals surface area contributed by atoms with E-state index in [0.717, 1.165) is 49.8 Å². The van der Waals surface area contributed by atoms with Gasteiger partial charge in [0.15, 0.2) is 5.71 Å². The second kappa shape index (κ2) is 7.11. The van der Waals surface area contributed by atoms with E-state index in [-0.39, 0.29) is 22.8 Å². The monoisotopic (exact) mass is 431 g/mol. The van der Waals surface area contributed by atoms with Crippen molar-refractivity contribution in [2.75, 3.05) is 5.32 Å². The van der Waals surface area contributed by atoms with E-state index in [4.69, 9.17) is 5.10 Å². The van der Waals surface area contributed by atoms with Crippen LogP contribution < -0.4 is 5.32 Å². The summed E-state index contributed by atoms with van der Waals surface area (Å²) in [5, 5.41) is 22.4. The van der Waals surface area contributed by atoms with Crippen LogP contribution in [0.1, 0.15) is 70.8 Å². The van der Waals surface area contributed by atoms with E-state index in [2.05, 4.69) is 30.3 Å². The maximum Gasteiger partial charge on any atom is 0.276 e. The Morgan fingerprint density at radius 1 is 1.03 bits per heavy atom. The molecule has 6 atom stereocenters. The summed E-state index contributed by atoms with van der Waals surface area (Å²) in [4.78, 5) is 12.4. The first-order chi connectivity index (χ1) is 15.4. The molecular formula is C27H33N3O2. The third-order valence-electron chi connectivity index (χ3n) is 9.74. The number of carbonyl (C=O) groups is 1. The van der Waals surface area contributed by atoms with Crippen molar-refractivity contribution in [3.8, 4) is 0 Å². The Kier molecular flexibility index (Phi) is 4.52. The number of aliphatic hydroxyl groups is 1. The number of para-hydroxylation sites is 1. The van der Waals surface area contributed by atoms with E-state index in [1.165, 1.54) is 24.1 Å². The van der Waals surface area contributed by atoms with Gasteiger partial charge in [-0.05, 0) is 80.6 Å². The molecule has 1 amide bonds. The van der Waals surface area contributed by atoms with Crippen molar-refractivity contribution in [2.45, 2.75) is 71.3 Å². The fourth-order valence-corrected chi connectivity index (χ4v) is 7.91. The summed E-state index contributed by atoms with van der Waals surface area (Å²) in [6.07, 6.45) is 10.9. The molecule has 2 N–H and O–H groups in total. The molecular weight excluding hydrogens is 398 g/mol. The van der Waals surface area contributed by atoms with Crippen molar-refractivity contribution in [2.24, 2.45) is 38.8 Å². The summed E-state index contributed by atoms with van der Waals surface area (Å²) < 4.78 is 0. The molecule has 5 heteroatoms. The number of hydrogen-bond acceptors (Lipinski definition) is 4. The van der Waals surface area contributed by atoms with Gasteiger partial charge in [0.25, 0.3) is 5.91 Å². The molecule has 0 bridgehead atoms. The molecule has 0 saturated heterocycles. The van der Waals surface area contributed by atoms with E-state index >= 15 is 0 Å². The molecule has 3 saturated carbocycles. The zero-order valence-electron chi connectivity index (χ0n) is 19.1. The second-order valence-electron chi connectivity index (χ2n) is 11.1. The van der Waals surface area contributed by atoms with Gasteiger partial charge in [-0.1, -0.05) is 43.7 Å². The van der Waals surface area contributed by atoms with E-state index in [1.54, 1.807) is 0 Å². The molecule has 5 nitrogen and oxygen atoms in total. The zero-order chi connectivity index (χ0) is 22.1. The number of hydrogen-bond donors (Lipinski definition) is 2. The van der Waals surface area contributed by atoms with E-state index in [0.29, 0.717) is 23.5 Å². The van der Waals surface area contributed by atoms with Crippen molar-refractivity contribution in [3.05, 3.63) is 41.5 Å². The molecule has 6 rings (SSSR count). The summed E-state index contributed by atoms with van der Waals surface area (Å²) in [5.74, 6) is 1.88. The van der Waals surface area contributed by atoms with Gasteiger partial charge in [0.2, 0.25) is 0 Å². The van der Waals surface area contributed by atoms with Gasteiger partial charge in [0.05, 0.1) is 11.8 Å². The highest BCUT2D eigenvalue weighted by Gasteiger charge is 2.57. The van der Waals surface area contributed by atoms with Gasteiger partial charge in [-0.15, -0.1) is 5.10 Å². The summed E-state index contributed by atoms with van der Waals surface area (Å²) in [7, 11) is 0. The third-order valence-corrected chi connectivity index (χ3v) is 9.74. The molecule has 1 aromatic rings. The predicted octanol–water partition coefficient (Wildman–Crippen LogP) is 5.11. The molecule has 1 aliphatic heterocycles. The highest BCUT2D eigenvalue weighted by atomic mass is 16.3. The molecule has 5 aliphatic rings. The van der Waals surface area contributed by atoms with Crippen molar-refractivity contribution < 1.29 is 9.90 Å². The molecule has 4 aliphatic carbocycles. The van der Waals surface area contributed by atoms with Gasteiger partial charge < -0.3 is 10.4 Å². The van der Waals surface area contributed by atoms with Gasteiger partial charge >= 0.3 is 0 Å². The Hall–Kier alpha value is -2.27. The minimum atomic E-state index is -0.156. The van der Waals surface area contributed by atoms with Crippen LogP contribution in [0.25, 0.3) is 0 Å². The zero-order valence-corrected chi connectivity index (χ0v) is 19.1. The average Bonchev–Trinajstić information content (AvgIpc) is 3.28. The van der Waals surface area contributed by atoms with Crippen molar-refractivity contribution in [3.63, 3.8) is 0 Å². The van der Waals surface area contributed by atoms with E-state index in [9.17, 15) is 9.90 Å². The number of nitrogens with one attached hydrogen (secondary N) is 1. The molecule has 0 radical (unpaired) electrons. The fourth-order valence-electron chi connectivity index (χ4n) is 7.91. The van der Waals surface area contributed by atoms with Gasteiger partial charge in [-0.2, -0.15) is 5.10 Å². The Bertz CT molecular complexity index is 1070. The van der Waals surface area contributed by atoms with Gasteiger partial charge in [0, 0.05) is 16.7 Å². The number of rotatable bonds is 1.